The third-order valence-electron chi connectivity index (χ3n) is 2.64. The van der Waals surface area contributed by atoms with Crippen LogP contribution in [0.5, 0.6) is 5.75 Å². The summed E-state index contributed by atoms with van der Waals surface area (Å²) in [5, 5.41) is 12.5. The molecule has 0 saturated carbocycles. The van der Waals surface area contributed by atoms with Gasteiger partial charge in [0.05, 0.1) is 0 Å². The Balaban J connectivity index is 1.90. The van der Waals surface area contributed by atoms with Crippen molar-refractivity contribution in [1.29, 1.82) is 0 Å². The molecule has 0 aromatic heterocycles. The van der Waals surface area contributed by atoms with Gasteiger partial charge in [0.1, 0.15) is 11.3 Å². The lowest BCUT2D eigenvalue weighted by molar-refractivity contribution is -0.119. The number of nitrogens with one attached hydrogen (secondary N) is 1. The molecule has 0 radical (unpaired) electrons. The molecule has 2 aromatic carbocycles. The molecule has 0 fully saturated rings. The van der Waals surface area contributed by atoms with Gasteiger partial charge in [-0.05, 0) is 42.5 Å². The largest absolute Gasteiger partial charge is 0.507 e. The lowest BCUT2D eigenvalue weighted by atomic mass is 10.2. The van der Waals surface area contributed by atoms with Crippen LogP contribution in [0.25, 0.3) is 0 Å². The normalized spacial score (nSPS) is 10.1. The Labute approximate surface area is 140 Å². The molecule has 0 aliphatic rings. The molecule has 0 spiro atoms. The van der Waals surface area contributed by atoms with Crippen molar-refractivity contribution in [3.8, 4) is 5.75 Å². The zero-order valence-electron chi connectivity index (χ0n) is 11.2. The van der Waals surface area contributed by atoms with Crippen LogP contribution in [0.3, 0.4) is 0 Å². The number of benzene rings is 2. The van der Waals surface area contributed by atoms with Crippen LogP contribution in [0, 0.1) is 0 Å². The number of esters is 1. The maximum absolute atomic E-state index is 11.8. The van der Waals surface area contributed by atoms with Gasteiger partial charge in [-0.1, -0.05) is 27.5 Å². The van der Waals surface area contributed by atoms with Crippen LogP contribution in [0.4, 0.5) is 5.69 Å². The summed E-state index contributed by atoms with van der Waals surface area (Å²) in [7, 11) is 0. The topological polar surface area (TPSA) is 75.6 Å². The SMILES string of the molecule is O=C(COC(=O)c1ccc(Cl)cc1O)Nc1ccc(Br)cc1. The number of ether oxygens (including phenoxy) is 1. The molecule has 2 aromatic rings. The van der Waals surface area contributed by atoms with E-state index in [0.717, 1.165) is 4.47 Å². The molecular formula is C15H11BrClNO4. The molecule has 0 aliphatic carbocycles. The summed E-state index contributed by atoms with van der Waals surface area (Å²) in [6.07, 6.45) is 0. The predicted molar refractivity (Wildman–Crippen MR) is 86.2 cm³/mol. The molecular weight excluding hydrogens is 374 g/mol. The van der Waals surface area contributed by atoms with Crippen molar-refractivity contribution in [2.75, 3.05) is 11.9 Å². The van der Waals surface area contributed by atoms with Gasteiger partial charge in [0.15, 0.2) is 6.61 Å². The smallest absolute Gasteiger partial charge is 0.342 e. The van der Waals surface area contributed by atoms with Crippen molar-refractivity contribution in [1.82, 2.24) is 0 Å². The van der Waals surface area contributed by atoms with Crippen molar-refractivity contribution in [2.45, 2.75) is 0 Å². The number of hydrogen-bond acceptors (Lipinski definition) is 4. The zero-order valence-corrected chi connectivity index (χ0v) is 13.5. The number of phenols is 1. The first-order chi connectivity index (χ1) is 10.5. The summed E-state index contributed by atoms with van der Waals surface area (Å²) in [5.41, 5.74) is 0.527. The molecule has 2 N–H and O–H groups in total. The summed E-state index contributed by atoms with van der Waals surface area (Å²) in [4.78, 5) is 23.5. The van der Waals surface area contributed by atoms with Crippen molar-refractivity contribution < 1.29 is 19.4 Å². The van der Waals surface area contributed by atoms with Crippen molar-refractivity contribution in [3.05, 3.63) is 57.5 Å². The number of phenolic OH excluding ortho intramolecular Hbond substituents is 1. The van der Waals surface area contributed by atoms with Gasteiger partial charge in [-0.2, -0.15) is 0 Å². The minimum Gasteiger partial charge on any atom is -0.507 e. The molecule has 0 aliphatic heterocycles. The van der Waals surface area contributed by atoms with E-state index in [-0.39, 0.29) is 11.3 Å². The number of hydrogen-bond donors (Lipinski definition) is 2. The number of carbonyl (C=O) groups excluding carboxylic acids is 2. The predicted octanol–water partition coefficient (Wildman–Crippen LogP) is 3.60. The summed E-state index contributed by atoms with van der Waals surface area (Å²) >= 11 is 8.95. The Hall–Kier alpha value is -2.05. The molecule has 2 rings (SSSR count). The van der Waals surface area contributed by atoms with Gasteiger partial charge < -0.3 is 15.2 Å². The Kier molecular flexibility index (Phi) is 5.41. The van der Waals surface area contributed by atoms with Crippen LogP contribution in [0.1, 0.15) is 10.4 Å². The Morgan fingerprint density at radius 3 is 2.50 bits per heavy atom. The monoisotopic (exact) mass is 383 g/mol. The molecule has 0 atom stereocenters. The fraction of sp³-hybridized carbons (Fsp3) is 0.0667. The second kappa shape index (κ2) is 7.29. The van der Waals surface area contributed by atoms with Crippen LogP contribution in [0.2, 0.25) is 5.02 Å². The Bertz CT molecular complexity index is 703. The molecule has 0 heterocycles. The second-order valence-corrected chi connectivity index (χ2v) is 5.64. The Morgan fingerprint density at radius 2 is 1.86 bits per heavy atom. The van der Waals surface area contributed by atoms with Gasteiger partial charge in [0, 0.05) is 15.2 Å². The standard InChI is InChI=1S/C15H11BrClNO4/c16-9-1-4-11(5-2-9)18-14(20)8-22-15(21)12-6-3-10(17)7-13(12)19/h1-7,19H,8H2,(H,18,20). The third-order valence-corrected chi connectivity index (χ3v) is 3.41. The van der Waals surface area contributed by atoms with E-state index in [1.54, 1.807) is 24.3 Å². The minimum absolute atomic E-state index is 0.0548. The third kappa shape index (κ3) is 4.47. The fourth-order valence-corrected chi connectivity index (χ4v) is 2.05. The van der Waals surface area contributed by atoms with Gasteiger partial charge in [-0.25, -0.2) is 4.79 Å². The first kappa shape index (κ1) is 16.3. The second-order valence-electron chi connectivity index (χ2n) is 4.29. The Morgan fingerprint density at radius 1 is 1.18 bits per heavy atom. The van der Waals surface area contributed by atoms with E-state index < -0.39 is 18.5 Å². The van der Waals surface area contributed by atoms with E-state index in [1.807, 2.05) is 0 Å². The first-order valence-electron chi connectivity index (χ1n) is 6.17. The molecule has 0 bridgehead atoms. The maximum Gasteiger partial charge on any atom is 0.342 e. The van der Waals surface area contributed by atoms with Crippen LogP contribution >= 0.6 is 27.5 Å². The summed E-state index contributed by atoms with van der Waals surface area (Å²) in [6, 6.07) is 10.9. The quantitative estimate of drug-likeness (QED) is 0.790. The molecule has 7 heteroatoms. The fourth-order valence-electron chi connectivity index (χ4n) is 1.62. The van der Waals surface area contributed by atoms with E-state index in [2.05, 4.69) is 21.2 Å². The molecule has 0 unspecified atom stereocenters. The van der Waals surface area contributed by atoms with Crippen LogP contribution in [-0.2, 0) is 9.53 Å². The van der Waals surface area contributed by atoms with Crippen LogP contribution < -0.4 is 5.32 Å². The number of anilines is 1. The van der Waals surface area contributed by atoms with E-state index in [4.69, 9.17) is 16.3 Å². The summed E-state index contributed by atoms with van der Waals surface area (Å²) < 4.78 is 5.73. The van der Waals surface area contributed by atoms with E-state index in [9.17, 15) is 14.7 Å². The van der Waals surface area contributed by atoms with Crippen molar-refractivity contribution in [3.63, 3.8) is 0 Å². The number of aromatic hydroxyl groups is 1. The minimum atomic E-state index is -0.805. The number of carbonyl (C=O) groups is 2. The summed E-state index contributed by atoms with van der Waals surface area (Å²) in [6.45, 7) is -0.461. The zero-order chi connectivity index (χ0) is 16.1. The van der Waals surface area contributed by atoms with Crippen molar-refractivity contribution in [2.24, 2.45) is 0 Å². The van der Waals surface area contributed by atoms with Crippen molar-refractivity contribution >= 4 is 45.1 Å². The van der Waals surface area contributed by atoms with Gasteiger partial charge >= 0.3 is 5.97 Å². The highest BCUT2D eigenvalue weighted by Gasteiger charge is 2.14. The highest BCUT2D eigenvalue weighted by molar-refractivity contribution is 9.10. The molecule has 0 saturated heterocycles. The highest BCUT2D eigenvalue weighted by Crippen LogP contribution is 2.22. The van der Waals surface area contributed by atoms with Crippen LogP contribution in [0.15, 0.2) is 46.9 Å². The number of halogens is 2. The maximum atomic E-state index is 11.8. The van der Waals surface area contributed by atoms with Gasteiger partial charge in [0.2, 0.25) is 0 Å². The van der Waals surface area contributed by atoms with Gasteiger partial charge in [0.25, 0.3) is 5.91 Å². The van der Waals surface area contributed by atoms with E-state index in [0.29, 0.717) is 10.7 Å². The van der Waals surface area contributed by atoms with Crippen LogP contribution in [-0.4, -0.2) is 23.6 Å². The first-order valence-corrected chi connectivity index (χ1v) is 7.34. The number of amides is 1. The van der Waals surface area contributed by atoms with Gasteiger partial charge in [-0.3, -0.25) is 4.79 Å². The lowest BCUT2D eigenvalue weighted by Gasteiger charge is -2.08. The number of rotatable bonds is 4. The molecule has 22 heavy (non-hydrogen) atoms. The summed E-state index contributed by atoms with van der Waals surface area (Å²) in [5.74, 6) is -1.59. The molecule has 1 amide bonds. The highest BCUT2D eigenvalue weighted by atomic mass is 79.9. The molecule has 5 nitrogen and oxygen atoms in total. The lowest BCUT2D eigenvalue weighted by Crippen LogP contribution is -2.20. The van der Waals surface area contributed by atoms with E-state index >= 15 is 0 Å². The molecule has 114 valence electrons. The average Bonchev–Trinajstić information content (AvgIpc) is 2.47. The van der Waals surface area contributed by atoms with E-state index in [1.165, 1.54) is 18.2 Å². The average molecular weight is 385 g/mol. The van der Waals surface area contributed by atoms with Gasteiger partial charge in [-0.15, -0.1) is 0 Å².